The Labute approximate surface area is 127 Å². The summed E-state index contributed by atoms with van der Waals surface area (Å²) < 4.78 is 16.3. The molecule has 22 heavy (non-hydrogen) atoms. The number of nitrogens with two attached hydrogens (primary N) is 1. The number of primary amides is 1. The fourth-order valence-electron chi connectivity index (χ4n) is 2.03. The van der Waals surface area contributed by atoms with Gasteiger partial charge in [-0.25, -0.2) is 4.79 Å². The predicted molar refractivity (Wildman–Crippen MR) is 79.0 cm³/mol. The lowest BCUT2D eigenvalue weighted by Gasteiger charge is -2.32. The molecule has 1 aliphatic heterocycles. The molecule has 0 saturated carbocycles. The fraction of sp³-hybridized carbons (Fsp3) is 0.462. The second-order valence-electron chi connectivity index (χ2n) is 5.99. The first kappa shape index (κ1) is 16.2. The zero-order valence-electron chi connectivity index (χ0n) is 12.8. The number of ether oxygens (including phenoxy) is 1. The van der Waals surface area contributed by atoms with Crippen LogP contribution in [0, 0.1) is 10.1 Å². The van der Waals surface area contributed by atoms with E-state index in [1.807, 2.05) is 27.7 Å². The number of carbonyl (C=O) groups is 1. The Hall–Kier alpha value is -2.13. The summed E-state index contributed by atoms with van der Waals surface area (Å²) in [6.45, 7) is 7.40. The van der Waals surface area contributed by atoms with E-state index in [1.165, 1.54) is 12.1 Å². The van der Waals surface area contributed by atoms with Gasteiger partial charge < -0.3 is 19.8 Å². The predicted octanol–water partition coefficient (Wildman–Crippen LogP) is 1.35. The number of hydrogen-bond donors (Lipinski definition) is 1. The van der Waals surface area contributed by atoms with E-state index in [0.29, 0.717) is 0 Å². The van der Waals surface area contributed by atoms with E-state index in [9.17, 15) is 14.9 Å². The van der Waals surface area contributed by atoms with Gasteiger partial charge in [-0.1, -0.05) is 6.07 Å². The second-order valence-corrected chi connectivity index (χ2v) is 5.99. The number of carbonyl (C=O) groups excluding carboxylic acids is 1. The van der Waals surface area contributed by atoms with Crippen LogP contribution in [-0.2, 0) is 9.31 Å². The summed E-state index contributed by atoms with van der Waals surface area (Å²) in [5.74, 6) is -0.0144. The summed E-state index contributed by atoms with van der Waals surface area (Å²) >= 11 is 0. The number of amides is 1. The van der Waals surface area contributed by atoms with Crippen molar-refractivity contribution >= 4 is 24.4 Å². The molecular formula is C13H17BN2O6. The fourth-order valence-corrected chi connectivity index (χ4v) is 2.03. The van der Waals surface area contributed by atoms with Crippen LogP contribution < -0.4 is 15.9 Å². The van der Waals surface area contributed by atoms with Crippen molar-refractivity contribution in [3.8, 4) is 5.75 Å². The molecule has 118 valence electrons. The van der Waals surface area contributed by atoms with Crippen molar-refractivity contribution in [3.63, 3.8) is 0 Å². The Morgan fingerprint density at radius 3 is 2.27 bits per heavy atom. The number of nitro groups is 1. The molecule has 0 aromatic heterocycles. The van der Waals surface area contributed by atoms with Gasteiger partial charge in [-0.05, 0) is 33.8 Å². The van der Waals surface area contributed by atoms with Gasteiger partial charge in [-0.15, -0.1) is 0 Å². The van der Waals surface area contributed by atoms with E-state index in [2.05, 4.69) is 4.74 Å². The Morgan fingerprint density at radius 1 is 1.27 bits per heavy atom. The molecule has 1 aliphatic rings. The highest BCUT2D eigenvalue weighted by Gasteiger charge is 2.53. The van der Waals surface area contributed by atoms with Crippen LogP contribution in [0.5, 0.6) is 5.75 Å². The van der Waals surface area contributed by atoms with E-state index in [4.69, 9.17) is 15.0 Å². The molecular weight excluding hydrogens is 291 g/mol. The molecule has 8 nitrogen and oxygen atoms in total. The molecule has 0 bridgehead atoms. The Bertz CT molecular complexity index is 615. The van der Waals surface area contributed by atoms with Crippen LogP contribution in [0.15, 0.2) is 18.2 Å². The maximum absolute atomic E-state index is 11.3. The molecule has 1 aromatic carbocycles. The molecule has 0 atom stereocenters. The van der Waals surface area contributed by atoms with Gasteiger partial charge in [0.15, 0.2) is 0 Å². The Balaban J connectivity index is 2.40. The first-order valence-electron chi connectivity index (χ1n) is 6.65. The third-order valence-corrected chi connectivity index (χ3v) is 3.92. The van der Waals surface area contributed by atoms with Crippen LogP contribution >= 0.6 is 0 Å². The van der Waals surface area contributed by atoms with Crippen molar-refractivity contribution in [1.29, 1.82) is 0 Å². The van der Waals surface area contributed by atoms with Crippen molar-refractivity contribution in [2.75, 3.05) is 0 Å². The van der Waals surface area contributed by atoms with Crippen molar-refractivity contribution in [2.45, 2.75) is 38.9 Å². The third-order valence-electron chi connectivity index (χ3n) is 3.92. The summed E-state index contributed by atoms with van der Waals surface area (Å²) in [6.07, 6.45) is -1.04. The van der Waals surface area contributed by atoms with E-state index >= 15 is 0 Å². The Morgan fingerprint density at radius 2 is 1.82 bits per heavy atom. The van der Waals surface area contributed by atoms with Gasteiger partial charge in [0.1, 0.15) is 5.75 Å². The van der Waals surface area contributed by atoms with Gasteiger partial charge in [-0.3, -0.25) is 10.1 Å². The summed E-state index contributed by atoms with van der Waals surface area (Å²) in [5.41, 5.74) is 3.65. The standard InChI is InChI=1S/C13H17BN2O6/c1-12(2)13(3,4)22-14(21-12)9-6-5-8(20-11(15)17)7-10(9)16(18)19/h5-7H,1-4H3,(H2,15,17). The zero-order chi connectivity index (χ0) is 16.7. The molecule has 9 heteroatoms. The molecule has 1 amide bonds. The van der Waals surface area contributed by atoms with Crippen LogP contribution in [0.25, 0.3) is 0 Å². The van der Waals surface area contributed by atoms with E-state index in [-0.39, 0.29) is 16.9 Å². The second kappa shape index (κ2) is 5.26. The normalized spacial score (nSPS) is 19.0. The molecule has 0 radical (unpaired) electrons. The van der Waals surface area contributed by atoms with Crippen molar-refractivity contribution in [1.82, 2.24) is 0 Å². The topological polar surface area (TPSA) is 114 Å². The van der Waals surface area contributed by atoms with Crippen LogP contribution in [0.2, 0.25) is 0 Å². The van der Waals surface area contributed by atoms with Crippen LogP contribution in [0.3, 0.4) is 0 Å². The molecule has 1 saturated heterocycles. The largest absolute Gasteiger partial charge is 0.501 e. The average molecular weight is 308 g/mol. The maximum Gasteiger partial charge on any atom is 0.501 e. The molecule has 1 aromatic rings. The third kappa shape index (κ3) is 2.90. The van der Waals surface area contributed by atoms with Gasteiger partial charge in [0, 0.05) is 0 Å². The lowest BCUT2D eigenvalue weighted by atomic mass is 9.78. The number of nitro benzene ring substituents is 1. The van der Waals surface area contributed by atoms with Gasteiger partial charge in [0.2, 0.25) is 0 Å². The number of nitrogens with zero attached hydrogens (tertiary/aromatic N) is 1. The molecule has 1 fully saturated rings. The minimum Gasteiger partial charge on any atom is -0.410 e. The molecule has 1 heterocycles. The van der Waals surface area contributed by atoms with E-state index < -0.39 is 29.3 Å². The minimum atomic E-state index is -1.04. The first-order chi connectivity index (χ1) is 10.0. The highest BCUT2D eigenvalue weighted by molar-refractivity contribution is 6.63. The van der Waals surface area contributed by atoms with Gasteiger partial charge >= 0.3 is 13.2 Å². The molecule has 0 aliphatic carbocycles. The lowest BCUT2D eigenvalue weighted by Crippen LogP contribution is -2.41. The van der Waals surface area contributed by atoms with Crippen LogP contribution in [0.4, 0.5) is 10.5 Å². The summed E-state index contributed by atoms with van der Waals surface area (Å²) in [6, 6.07) is 3.95. The van der Waals surface area contributed by atoms with E-state index in [0.717, 1.165) is 6.07 Å². The maximum atomic E-state index is 11.3. The lowest BCUT2D eigenvalue weighted by molar-refractivity contribution is -0.383. The molecule has 0 unspecified atom stereocenters. The smallest absolute Gasteiger partial charge is 0.410 e. The summed E-state index contributed by atoms with van der Waals surface area (Å²) in [5, 5.41) is 11.3. The van der Waals surface area contributed by atoms with Crippen molar-refractivity contribution < 1.29 is 23.8 Å². The number of rotatable bonds is 3. The summed E-state index contributed by atoms with van der Waals surface area (Å²) in [7, 11) is -0.881. The monoisotopic (exact) mass is 308 g/mol. The highest BCUT2D eigenvalue weighted by Crippen LogP contribution is 2.37. The van der Waals surface area contributed by atoms with Gasteiger partial charge in [0.25, 0.3) is 5.69 Å². The Kier molecular flexibility index (Phi) is 3.88. The van der Waals surface area contributed by atoms with Crippen molar-refractivity contribution in [2.24, 2.45) is 5.73 Å². The number of benzene rings is 1. The van der Waals surface area contributed by atoms with Crippen LogP contribution in [-0.4, -0.2) is 29.3 Å². The molecule has 2 N–H and O–H groups in total. The van der Waals surface area contributed by atoms with Gasteiger partial charge in [0.05, 0.1) is 27.7 Å². The van der Waals surface area contributed by atoms with Gasteiger partial charge in [-0.2, -0.15) is 0 Å². The first-order valence-corrected chi connectivity index (χ1v) is 6.65. The summed E-state index contributed by atoms with van der Waals surface area (Å²) in [4.78, 5) is 21.4. The highest BCUT2D eigenvalue weighted by atomic mass is 16.7. The molecule has 0 spiro atoms. The number of hydrogen-bond acceptors (Lipinski definition) is 6. The minimum absolute atomic E-state index is 0.0144. The van der Waals surface area contributed by atoms with Crippen molar-refractivity contribution in [3.05, 3.63) is 28.3 Å². The quantitative estimate of drug-likeness (QED) is 0.512. The SMILES string of the molecule is CC1(C)OB(c2ccc(OC(N)=O)cc2[N+](=O)[O-])OC1(C)C. The average Bonchev–Trinajstić information content (AvgIpc) is 2.57. The molecule has 2 rings (SSSR count). The van der Waals surface area contributed by atoms with Crippen LogP contribution in [0.1, 0.15) is 27.7 Å². The zero-order valence-corrected chi connectivity index (χ0v) is 12.8. The van der Waals surface area contributed by atoms with E-state index in [1.54, 1.807) is 0 Å².